The third-order valence-corrected chi connectivity index (χ3v) is 3.69. The summed E-state index contributed by atoms with van der Waals surface area (Å²) in [5, 5.41) is 9.68. The second-order valence-electron chi connectivity index (χ2n) is 4.52. The van der Waals surface area contributed by atoms with E-state index in [0.717, 1.165) is 18.7 Å². The molecule has 1 aromatic rings. The van der Waals surface area contributed by atoms with Gasteiger partial charge in [0, 0.05) is 6.42 Å². The van der Waals surface area contributed by atoms with Crippen molar-refractivity contribution in [3.05, 3.63) is 35.9 Å². The molecule has 0 saturated carbocycles. The predicted octanol–water partition coefficient (Wildman–Crippen LogP) is 2.80. The second-order valence-corrected chi connectivity index (χ2v) is 4.52. The highest BCUT2D eigenvalue weighted by Gasteiger charge is 2.41. The van der Waals surface area contributed by atoms with E-state index >= 15 is 0 Å². The zero-order valence-electron chi connectivity index (χ0n) is 11.5. The molecule has 0 radical (unpaired) electrons. The number of aliphatic carboxylic acids is 1. The normalized spacial score (nSPS) is 14.4. The zero-order valence-corrected chi connectivity index (χ0v) is 11.5. The lowest BCUT2D eigenvalue weighted by Crippen LogP contribution is -2.55. The van der Waals surface area contributed by atoms with Gasteiger partial charge in [-0.3, -0.25) is 9.69 Å². The van der Waals surface area contributed by atoms with Gasteiger partial charge in [-0.2, -0.15) is 0 Å². The molecule has 0 bridgehead atoms. The van der Waals surface area contributed by atoms with Crippen molar-refractivity contribution in [2.24, 2.45) is 0 Å². The Balaban J connectivity index is 3.08. The Morgan fingerprint density at radius 2 is 1.72 bits per heavy atom. The minimum atomic E-state index is -0.787. The number of nitrogens with zero attached hydrogens (tertiary/aromatic N) is 1. The monoisotopic (exact) mass is 249 g/mol. The van der Waals surface area contributed by atoms with E-state index in [1.807, 2.05) is 56.0 Å². The molecule has 1 aromatic carbocycles. The van der Waals surface area contributed by atoms with Gasteiger partial charge in [0.05, 0.1) is 0 Å². The van der Waals surface area contributed by atoms with Crippen LogP contribution in [0.25, 0.3) is 0 Å². The van der Waals surface area contributed by atoms with Gasteiger partial charge in [-0.25, -0.2) is 0 Å². The molecule has 0 aliphatic carbocycles. The van der Waals surface area contributed by atoms with Crippen LogP contribution in [0.3, 0.4) is 0 Å². The first-order valence-electron chi connectivity index (χ1n) is 6.63. The summed E-state index contributed by atoms with van der Waals surface area (Å²) in [6, 6.07) is 9.86. The van der Waals surface area contributed by atoms with Crippen LogP contribution in [0.15, 0.2) is 30.3 Å². The summed E-state index contributed by atoms with van der Waals surface area (Å²) in [6.45, 7) is 7.49. The van der Waals surface area contributed by atoms with Crippen molar-refractivity contribution in [2.75, 3.05) is 13.1 Å². The molecule has 1 rings (SSSR count). The fourth-order valence-electron chi connectivity index (χ4n) is 2.58. The van der Waals surface area contributed by atoms with E-state index in [0.29, 0.717) is 12.8 Å². The van der Waals surface area contributed by atoms with E-state index in [4.69, 9.17) is 0 Å². The number of carboxylic acids is 1. The molecule has 3 heteroatoms. The van der Waals surface area contributed by atoms with Crippen molar-refractivity contribution in [3.8, 4) is 0 Å². The van der Waals surface area contributed by atoms with Crippen molar-refractivity contribution in [2.45, 2.75) is 39.2 Å². The number of carbonyl (C=O) groups is 1. The second kappa shape index (κ2) is 6.55. The first kappa shape index (κ1) is 14.7. The van der Waals surface area contributed by atoms with Crippen LogP contribution in [0.5, 0.6) is 0 Å². The molecule has 1 atom stereocenters. The van der Waals surface area contributed by atoms with E-state index in [1.165, 1.54) is 0 Å². The zero-order chi connectivity index (χ0) is 13.6. The van der Waals surface area contributed by atoms with Gasteiger partial charge in [0.15, 0.2) is 0 Å². The topological polar surface area (TPSA) is 40.5 Å². The van der Waals surface area contributed by atoms with Crippen molar-refractivity contribution in [3.63, 3.8) is 0 Å². The van der Waals surface area contributed by atoms with Gasteiger partial charge in [-0.15, -0.1) is 0 Å². The van der Waals surface area contributed by atoms with Crippen LogP contribution < -0.4 is 0 Å². The Hall–Kier alpha value is -1.35. The van der Waals surface area contributed by atoms with Gasteiger partial charge in [0.1, 0.15) is 5.54 Å². The summed E-state index contributed by atoms with van der Waals surface area (Å²) in [4.78, 5) is 13.8. The SMILES string of the molecule is CCN(CC)C(CC)(Cc1ccccc1)C(=O)O. The van der Waals surface area contributed by atoms with Crippen LogP contribution in [0.4, 0.5) is 0 Å². The fourth-order valence-corrected chi connectivity index (χ4v) is 2.58. The van der Waals surface area contributed by atoms with Crippen molar-refractivity contribution in [1.82, 2.24) is 4.90 Å². The lowest BCUT2D eigenvalue weighted by Gasteiger charge is -2.39. The summed E-state index contributed by atoms with van der Waals surface area (Å²) in [6.07, 6.45) is 1.17. The molecule has 0 heterocycles. The highest BCUT2D eigenvalue weighted by molar-refractivity contribution is 5.79. The molecule has 0 spiro atoms. The van der Waals surface area contributed by atoms with E-state index in [1.54, 1.807) is 0 Å². The maximum atomic E-state index is 11.8. The summed E-state index contributed by atoms with van der Waals surface area (Å²) in [5.74, 6) is -0.724. The molecular formula is C15H23NO2. The van der Waals surface area contributed by atoms with Gasteiger partial charge < -0.3 is 5.11 Å². The molecule has 100 valence electrons. The highest BCUT2D eigenvalue weighted by atomic mass is 16.4. The number of benzene rings is 1. The van der Waals surface area contributed by atoms with Crippen molar-refractivity contribution < 1.29 is 9.90 Å². The van der Waals surface area contributed by atoms with Crippen LogP contribution in [-0.2, 0) is 11.2 Å². The Kier molecular flexibility index (Phi) is 5.35. The smallest absolute Gasteiger partial charge is 0.324 e. The maximum Gasteiger partial charge on any atom is 0.324 e. The van der Waals surface area contributed by atoms with Crippen LogP contribution in [0.2, 0.25) is 0 Å². The first-order valence-corrected chi connectivity index (χ1v) is 6.63. The molecule has 18 heavy (non-hydrogen) atoms. The fraction of sp³-hybridized carbons (Fsp3) is 0.533. The maximum absolute atomic E-state index is 11.8. The summed E-state index contributed by atoms with van der Waals surface area (Å²) < 4.78 is 0. The standard InChI is InChI=1S/C15H23NO2/c1-4-15(14(17)18,16(5-2)6-3)12-13-10-8-7-9-11-13/h7-11H,4-6,12H2,1-3H3,(H,17,18). The van der Waals surface area contributed by atoms with Crippen LogP contribution in [-0.4, -0.2) is 34.6 Å². The summed E-state index contributed by atoms with van der Waals surface area (Å²) >= 11 is 0. The number of rotatable bonds is 7. The third kappa shape index (κ3) is 2.91. The molecular weight excluding hydrogens is 226 g/mol. The van der Waals surface area contributed by atoms with Gasteiger partial charge >= 0.3 is 5.97 Å². The molecule has 0 fully saturated rings. The van der Waals surface area contributed by atoms with Crippen molar-refractivity contribution in [1.29, 1.82) is 0 Å². The van der Waals surface area contributed by atoms with E-state index in [-0.39, 0.29) is 0 Å². The molecule has 0 aliphatic heterocycles. The third-order valence-electron chi connectivity index (χ3n) is 3.69. The quantitative estimate of drug-likeness (QED) is 0.807. The van der Waals surface area contributed by atoms with Gasteiger partial charge in [-0.05, 0) is 25.1 Å². The van der Waals surface area contributed by atoms with E-state index < -0.39 is 11.5 Å². The summed E-state index contributed by atoms with van der Waals surface area (Å²) in [5.41, 5.74) is 0.291. The Labute approximate surface area is 109 Å². The molecule has 0 aromatic heterocycles. The Morgan fingerprint density at radius 3 is 2.11 bits per heavy atom. The lowest BCUT2D eigenvalue weighted by molar-refractivity contribution is -0.152. The summed E-state index contributed by atoms with van der Waals surface area (Å²) in [7, 11) is 0. The van der Waals surface area contributed by atoms with E-state index in [9.17, 15) is 9.90 Å². The lowest BCUT2D eigenvalue weighted by atomic mass is 9.86. The Bertz CT molecular complexity index is 373. The predicted molar refractivity (Wildman–Crippen MR) is 73.7 cm³/mol. The molecule has 0 amide bonds. The van der Waals surface area contributed by atoms with Gasteiger partial charge in [-0.1, -0.05) is 51.1 Å². The minimum Gasteiger partial charge on any atom is -0.480 e. The molecule has 3 nitrogen and oxygen atoms in total. The number of hydrogen-bond acceptors (Lipinski definition) is 2. The molecule has 0 aliphatic rings. The number of hydrogen-bond donors (Lipinski definition) is 1. The molecule has 1 unspecified atom stereocenters. The largest absolute Gasteiger partial charge is 0.480 e. The first-order chi connectivity index (χ1) is 8.60. The average molecular weight is 249 g/mol. The highest BCUT2D eigenvalue weighted by Crippen LogP contribution is 2.25. The van der Waals surface area contributed by atoms with Crippen LogP contribution in [0, 0.1) is 0 Å². The van der Waals surface area contributed by atoms with Crippen LogP contribution >= 0.6 is 0 Å². The number of carboxylic acid groups (broad SMARTS) is 1. The van der Waals surface area contributed by atoms with Gasteiger partial charge in [0.2, 0.25) is 0 Å². The number of likely N-dealkylation sites (N-methyl/N-ethyl adjacent to an activating group) is 1. The van der Waals surface area contributed by atoms with Crippen LogP contribution in [0.1, 0.15) is 32.8 Å². The average Bonchev–Trinajstić information content (AvgIpc) is 2.39. The van der Waals surface area contributed by atoms with Gasteiger partial charge in [0.25, 0.3) is 0 Å². The van der Waals surface area contributed by atoms with E-state index in [2.05, 4.69) is 0 Å². The molecule has 0 saturated heterocycles. The Morgan fingerprint density at radius 1 is 1.17 bits per heavy atom. The molecule has 1 N–H and O–H groups in total. The van der Waals surface area contributed by atoms with Crippen molar-refractivity contribution >= 4 is 5.97 Å². The minimum absolute atomic E-state index is 0.557.